The minimum absolute atomic E-state index is 0. The third-order valence-corrected chi connectivity index (χ3v) is 3.05. The van der Waals surface area contributed by atoms with Crippen LogP contribution in [0.4, 0.5) is 5.69 Å². The number of carbonyl (C=O) groups is 1. The fourth-order valence-electron chi connectivity index (χ4n) is 2.02. The van der Waals surface area contributed by atoms with Crippen molar-refractivity contribution in [2.24, 2.45) is 0 Å². The van der Waals surface area contributed by atoms with Crippen molar-refractivity contribution < 1.29 is 14.3 Å². The van der Waals surface area contributed by atoms with Gasteiger partial charge in [0.05, 0.1) is 12.6 Å². The summed E-state index contributed by atoms with van der Waals surface area (Å²) in [5.41, 5.74) is 0.790. The summed E-state index contributed by atoms with van der Waals surface area (Å²) in [6.07, 6.45) is 1.97. The van der Waals surface area contributed by atoms with Crippen LogP contribution in [0, 0.1) is 0 Å². The molecule has 1 unspecified atom stereocenters. The number of anilines is 1. The van der Waals surface area contributed by atoms with E-state index in [0.29, 0.717) is 13.2 Å². The number of ether oxygens (including phenoxy) is 2. The van der Waals surface area contributed by atoms with E-state index < -0.39 is 0 Å². The summed E-state index contributed by atoms with van der Waals surface area (Å²) in [7, 11) is 1.64. The monoisotopic (exact) mass is 300 g/mol. The maximum Gasteiger partial charge on any atom is 0.241 e. The molecule has 1 atom stereocenters. The zero-order valence-electron chi connectivity index (χ0n) is 11.6. The van der Waals surface area contributed by atoms with E-state index in [0.717, 1.165) is 30.8 Å². The molecule has 1 aromatic rings. The van der Waals surface area contributed by atoms with Gasteiger partial charge in [-0.25, -0.2) is 0 Å². The van der Waals surface area contributed by atoms with E-state index in [1.54, 1.807) is 7.11 Å². The second-order valence-electron chi connectivity index (χ2n) is 4.50. The Morgan fingerprint density at radius 3 is 2.70 bits per heavy atom. The van der Waals surface area contributed by atoms with Gasteiger partial charge in [-0.05, 0) is 43.7 Å². The van der Waals surface area contributed by atoms with E-state index in [1.165, 1.54) is 0 Å². The molecular weight excluding hydrogens is 280 g/mol. The van der Waals surface area contributed by atoms with Crippen LogP contribution in [0.5, 0.6) is 5.75 Å². The smallest absolute Gasteiger partial charge is 0.241 e. The highest BCUT2D eigenvalue weighted by Gasteiger charge is 2.21. The van der Waals surface area contributed by atoms with Gasteiger partial charge in [0.15, 0.2) is 0 Å². The number of halogens is 1. The topological polar surface area (TPSA) is 59.6 Å². The molecule has 2 N–H and O–H groups in total. The molecule has 1 aliphatic rings. The Kier molecular flexibility index (Phi) is 7.36. The molecule has 0 saturated carbocycles. The second kappa shape index (κ2) is 8.79. The van der Waals surface area contributed by atoms with Gasteiger partial charge in [-0.1, -0.05) is 0 Å². The molecule has 0 spiro atoms. The molecule has 0 aliphatic carbocycles. The second-order valence-corrected chi connectivity index (χ2v) is 4.50. The van der Waals surface area contributed by atoms with Crippen molar-refractivity contribution in [1.29, 1.82) is 0 Å². The molecule has 20 heavy (non-hydrogen) atoms. The number of benzene rings is 1. The number of rotatable bonds is 6. The standard InChI is InChI=1S/C14H20N2O3.ClH/c1-18-9-10-19-12-6-4-11(5-7-12)16-14(17)13-3-2-8-15-13;/h4-7,13,15H,2-3,8-10H2,1H3,(H,16,17);1H. The summed E-state index contributed by atoms with van der Waals surface area (Å²) >= 11 is 0. The highest BCUT2D eigenvalue weighted by atomic mass is 35.5. The minimum atomic E-state index is -0.0578. The molecule has 1 amide bonds. The first-order valence-corrected chi connectivity index (χ1v) is 6.55. The molecule has 0 radical (unpaired) electrons. The third-order valence-electron chi connectivity index (χ3n) is 3.05. The van der Waals surface area contributed by atoms with Crippen LogP contribution >= 0.6 is 12.4 Å². The normalized spacial score (nSPS) is 17.4. The number of hydrogen-bond acceptors (Lipinski definition) is 4. The number of hydrogen-bond donors (Lipinski definition) is 2. The number of carbonyl (C=O) groups excluding carboxylic acids is 1. The van der Waals surface area contributed by atoms with E-state index in [9.17, 15) is 4.79 Å². The Morgan fingerprint density at radius 1 is 1.35 bits per heavy atom. The van der Waals surface area contributed by atoms with Crippen LogP contribution in [-0.4, -0.2) is 38.8 Å². The van der Waals surface area contributed by atoms with Crippen LogP contribution < -0.4 is 15.4 Å². The van der Waals surface area contributed by atoms with Crippen molar-refractivity contribution in [3.8, 4) is 5.75 Å². The molecule has 1 saturated heterocycles. The number of methoxy groups -OCH3 is 1. The van der Waals surface area contributed by atoms with Gasteiger partial charge >= 0.3 is 0 Å². The summed E-state index contributed by atoms with van der Waals surface area (Å²) in [4.78, 5) is 11.9. The van der Waals surface area contributed by atoms with E-state index in [1.807, 2.05) is 24.3 Å². The minimum Gasteiger partial charge on any atom is -0.491 e. The summed E-state index contributed by atoms with van der Waals surface area (Å²) < 4.78 is 10.4. The van der Waals surface area contributed by atoms with Crippen molar-refractivity contribution in [2.45, 2.75) is 18.9 Å². The molecular formula is C14H21ClN2O3. The van der Waals surface area contributed by atoms with Gasteiger partial charge in [-0.3, -0.25) is 4.79 Å². The van der Waals surface area contributed by atoms with Crippen molar-refractivity contribution in [3.05, 3.63) is 24.3 Å². The van der Waals surface area contributed by atoms with Crippen LogP contribution in [0.3, 0.4) is 0 Å². The van der Waals surface area contributed by atoms with Crippen molar-refractivity contribution >= 4 is 24.0 Å². The lowest BCUT2D eigenvalue weighted by Crippen LogP contribution is -2.35. The fourth-order valence-corrected chi connectivity index (χ4v) is 2.02. The van der Waals surface area contributed by atoms with Crippen LogP contribution in [0.2, 0.25) is 0 Å². The Balaban J connectivity index is 0.00000200. The van der Waals surface area contributed by atoms with Crippen LogP contribution in [0.1, 0.15) is 12.8 Å². The molecule has 2 rings (SSSR count). The van der Waals surface area contributed by atoms with Crippen LogP contribution in [-0.2, 0) is 9.53 Å². The van der Waals surface area contributed by atoms with Crippen LogP contribution in [0.15, 0.2) is 24.3 Å². The number of amides is 1. The summed E-state index contributed by atoms with van der Waals surface area (Å²) in [5, 5.41) is 6.07. The lowest BCUT2D eigenvalue weighted by molar-refractivity contribution is -0.117. The predicted molar refractivity (Wildman–Crippen MR) is 80.7 cm³/mol. The molecule has 0 aromatic heterocycles. The molecule has 0 bridgehead atoms. The molecule has 5 nitrogen and oxygen atoms in total. The first-order chi connectivity index (χ1) is 9.29. The molecule has 1 aromatic carbocycles. The molecule has 6 heteroatoms. The first-order valence-electron chi connectivity index (χ1n) is 6.55. The number of nitrogens with one attached hydrogen (secondary N) is 2. The largest absolute Gasteiger partial charge is 0.491 e. The Bertz CT molecular complexity index is 405. The molecule has 1 aliphatic heterocycles. The zero-order valence-corrected chi connectivity index (χ0v) is 12.4. The molecule has 1 fully saturated rings. The average Bonchev–Trinajstić information content (AvgIpc) is 2.95. The maximum absolute atomic E-state index is 11.9. The highest BCUT2D eigenvalue weighted by Crippen LogP contribution is 2.16. The van der Waals surface area contributed by atoms with Gasteiger partial charge in [-0.15, -0.1) is 12.4 Å². The summed E-state index contributed by atoms with van der Waals surface area (Å²) in [5.74, 6) is 0.805. The van der Waals surface area contributed by atoms with Gasteiger partial charge < -0.3 is 20.1 Å². The lowest BCUT2D eigenvalue weighted by Gasteiger charge is -2.11. The van der Waals surface area contributed by atoms with Crippen molar-refractivity contribution in [3.63, 3.8) is 0 Å². The van der Waals surface area contributed by atoms with Crippen LogP contribution in [0.25, 0.3) is 0 Å². The average molecular weight is 301 g/mol. The Labute approximate surface area is 125 Å². The van der Waals surface area contributed by atoms with Gasteiger partial charge in [0.2, 0.25) is 5.91 Å². The summed E-state index contributed by atoms with van der Waals surface area (Å²) in [6.45, 7) is 2.00. The van der Waals surface area contributed by atoms with E-state index in [-0.39, 0.29) is 24.4 Å². The van der Waals surface area contributed by atoms with E-state index in [4.69, 9.17) is 9.47 Å². The van der Waals surface area contributed by atoms with Crippen molar-refractivity contribution in [2.75, 3.05) is 32.2 Å². The Hall–Kier alpha value is -1.30. The zero-order chi connectivity index (χ0) is 13.5. The van der Waals surface area contributed by atoms with Crippen molar-refractivity contribution in [1.82, 2.24) is 5.32 Å². The fraction of sp³-hybridized carbons (Fsp3) is 0.500. The first kappa shape index (κ1) is 16.8. The SMILES string of the molecule is COCCOc1ccc(NC(=O)C2CCCN2)cc1.Cl. The van der Waals surface area contributed by atoms with Gasteiger partial charge in [0.1, 0.15) is 12.4 Å². The van der Waals surface area contributed by atoms with E-state index in [2.05, 4.69) is 10.6 Å². The predicted octanol–water partition coefficient (Wildman–Crippen LogP) is 1.82. The highest BCUT2D eigenvalue weighted by molar-refractivity contribution is 5.95. The van der Waals surface area contributed by atoms with Gasteiger partial charge in [-0.2, -0.15) is 0 Å². The van der Waals surface area contributed by atoms with Gasteiger partial charge in [0.25, 0.3) is 0 Å². The molecule has 112 valence electrons. The lowest BCUT2D eigenvalue weighted by atomic mass is 10.2. The van der Waals surface area contributed by atoms with Gasteiger partial charge in [0, 0.05) is 12.8 Å². The van der Waals surface area contributed by atoms with E-state index >= 15 is 0 Å². The molecule has 1 heterocycles. The Morgan fingerprint density at radius 2 is 2.10 bits per heavy atom. The third kappa shape index (κ3) is 5.00. The summed E-state index contributed by atoms with van der Waals surface area (Å²) in [6, 6.07) is 7.31. The maximum atomic E-state index is 11.9. The quantitative estimate of drug-likeness (QED) is 0.787.